The summed E-state index contributed by atoms with van der Waals surface area (Å²) in [6, 6.07) is 17.8. The number of Topliss-reactive ketones (excluding diaryl/α,β-unsaturated/α-hetero) is 1. The number of aromatic nitrogens is 2. The van der Waals surface area contributed by atoms with Gasteiger partial charge in [-0.3, -0.25) is 14.9 Å². The molecule has 3 aromatic rings. The molecule has 7 heteroatoms. The maximum absolute atomic E-state index is 13.2. The number of nitrogens with zero attached hydrogens (tertiary/aromatic N) is 3. The van der Waals surface area contributed by atoms with Crippen LogP contribution in [0.4, 0.5) is 11.5 Å². The Bertz CT molecular complexity index is 1220. The van der Waals surface area contributed by atoms with Crippen molar-refractivity contribution in [1.82, 2.24) is 9.78 Å². The zero-order valence-electron chi connectivity index (χ0n) is 17.3. The predicted octanol–water partition coefficient (Wildman–Crippen LogP) is 5.12. The fourth-order valence-corrected chi connectivity index (χ4v) is 4.56. The van der Waals surface area contributed by atoms with E-state index in [1.807, 2.05) is 41.1 Å². The van der Waals surface area contributed by atoms with Gasteiger partial charge < -0.3 is 5.32 Å². The molecule has 5 rings (SSSR count). The predicted molar refractivity (Wildman–Crippen MR) is 118 cm³/mol. The van der Waals surface area contributed by atoms with E-state index in [4.69, 9.17) is 5.10 Å². The van der Waals surface area contributed by atoms with Gasteiger partial charge >= 0.3 is 0 Å². The van der Waals surface area contributed by atoms with Gasteiger partial charge in [0.25, 0.3) is 5.69 Å². The molecule has 0 saturated heterocycles. The summed E-state index contributed by atoms with van der Waals surface area (Å²) in [5.41, 5.74) is 4.10. The SMILES string of the molecule is CC1(C)CC(=O)C2=C(C1)Nc1cc(-c3ccccc3)nn1[C@H]2c1ccc([N+](=O)[O-])cc1. The molecule has 0 amide bonds. The van der Waals surface area contributed by atoms with Crippen molar-refractivity contribution in [2.24, 2.45) is 5.41 Å². The smallest absolute Gasteiger partial charge is 0.269 e. The van der Waals surface area contributed by atoms with Crippen LogP contribution in [0.25, 0.3) is 11.3 Å². The molecule has 0 spiro atoms. The summed E-state index contributed by atoms with van der Waals surface area (Å²) in [6.45, 7) is 4.19. The molecule has 0 unspecified atom stereocenters. The molecule has 2 aliphatic rings. The Kier molecular flexibility index (Phi) is 4.28. The molecule has 1 atom stereocenters. The molecule has 1 aromatic heterocycles. The van der Waals surface area contributed by atoms with Crippen molar-refractivity contribution in [3.8, 4) is 11.3 Å². The Labute approximate surface area is 179 Å². The maximum Gasteiger partial charge on any atom is 0.269 e. The number of nitro benzene ring substituents is 1. The van der Waals surface area contributed by atoms with Crippen LogP contribution in [0.2, 0.25) is 0 Å². The second kappa shape index (κ2) is 6.91. The zero-order valence-corrected chi connectivity index (χ0v) is 17.3. The molecule has 0 fully saturated rings. The number of fused-ring (bicyclic) bond motifs is 1. The highest BCUT2D eigenvalue weighted by Crippen LogP contribution is 2.46. The van der Waals surface area contributed by atoms with E-state index in [1.54, 1.807) is 12.1 Å². The molecule has 0 radical (unpaired) electrons. The number of benzene rings is 2. The lowest BCUT2D eigenvalue weighted by Crippen LogP contribution is -2.36. The van der Waals surface area contributed by atoms with Crippen molar-refractivity contribution >= 4 is 17.3 Å². The van der Waals surface area contributed by atoms with Crippen molar-refractivity contribution < 1.29 is 9.72 Å². The van der Waals surface area contributed by atoms with E-state index in [-0.39, 0.29) is 16.9 Å². The average Bonchev–Trinajstić information content (AvgIpc) is 3.16. The van der Waals surface area contributed by atoms with Gasteiger partial charge in [-0.2, -0.15) is 5.10 Å². The summed E-state index contributed by atoms with van der Waals surface area (Å²) >= 11 is 0. The summed E-state index contributed by atoms with van der Waals surface area (Å²) in [5, 5.41) is 19.4. The van der Waals surface area contributed by atoms with Crippen LogP contribution in [0.3, 0.4) is 0 Å². The molecule has 2 aromatic carbocycles. The number of nitro groups is 1. The van der Waals surface area contributed by atoms with E-state index in [0.717, 1.165) is 34.8 Å². The lowest BCUT2D eigenvalue weighted by molar-refractivity contribution is -0.384. The third kappa shape index (κ3) is 3.32. The van der Waals surface area contributed by atoms with Crippen molar-refractivity contribution in [1.29, 1.82) is 0 Å². The number of carbonyl (C=O) groups excluding carboxylic acids is 1. The minimum Gasteiger partial charge on any atom is -0.343 e. The van der Waals surface area contributed by atoms with Crippen molar-refractivity contribution in [3.05, 3.63) is 87.6 Å². The zero-order chi connectivity index (χ0) is 21.8. The first kappa shape index (κ1) is 19.2. The van der Waals surface area contributed by atoms with E-state index >= 15 is 0 Å². The van der Waals surface area contributed by atoms with Crippen LogP contribution in [0.1, 0.15) is 38.3 Å². The second-order valence-corrected chi connectivity index (χ2v) is 8.93. The van der Waals surface area contributed by atoms with Gasteiger partial charge in [-0.15, -0.1) is 0 Å². The largest absolute Gasteiger partial charge is 0.343 e. The molecule has 1 aliphatic heterocycles. The van der Waals surface area contributed by atoms with Gasteiger partial charge in [0.15, 0.2) is 5.78 Å². The molecule has 156 valence electrons. The minimum absolute atomic E-state index is 0.0219. The first-order valence-electron chi connectivity index (χ1n) is 10.2. The molecule has 1 aliphatic carbocycles. The second-order valence-electron chi connectivity index (χ2n) is 8.93. The Balaban J connectivity index is 1.67. The first-order chi connectivity index (χ1) is 14.8. The number of nitrogens with one attached hydrogen (secondary N) is 1. The van der Waals surface area contributed by atoms with Crippen molar-refractivity contribution in [3.63, 3.8) is 0 Å². The molecule has 31 heavy (non-hydrogen) atoms. The number of hydrogen-bond acceptors (Lipinski definition) is 5. The highest BCUT2D eigenvalue weighted by molar-refractivity contribution is 6.00. The third-order valence-corrected chi connectivity index (χ3v) is 5.94. The van der Waals surface area contributed by atoms with E-state index in [0.29, 0.717) is 12.0 Å². The number of rotatable bonds is 3. The van der Waals surface area contributed by atoms with Crippen LogP contribution in [-0.4, -0.2) is 20.5 Å². The standard InChI is InChI=1S/C24H22N4O3/c1-24(2)13-19-22(20(29)14-24)23(16-8-10-17(11-9-16)28(30)31)27-21(25-19)12-18(26-27)15-6-4-3-5-7-15/h3-12,23,25H,13-14H2,1-2H3/t23-/m0/s1. The van der Waals surface area contributed by atoms with Gasteiger partial charge in [-0.1, -0.05) is 44.2 Å². The molecule has 0 bridgehead atoms. The fourth-order valence-electron chi connectivity index (χ4n) is 4.56. The first-order valence-corrected chi connectivity index (χ1v) is 10.2. The van der Waals surface area contributed by atoms with Gasteiger partial charge in [0.1, 0.15) is 11.9 Å². The van der Waals surface area contributed by atoms with Gasteiger partial charge in [0.05, 0.1) is 10.6 Å². The Morgan fingerprint density at radius 3 is 2.48 bits per heavy atom. The lowest BCUT2D eigenvalue weighted by Gasteiger charge is -2.38. The normalized spacial score (nSPS) is 19.4. The topological polar surface area (TPSA) is 90.1 Å². The van der Waals surface area contributed by atoms with Gasteiger partial charge in [-0.05, 0) is 29.5 Å². The summed E-state index contributed by atoms with van der Waals surface area (Å²) < 4.78 is 1.83. The summed E-state index contributed by atoms with van der Waals surface area (Å²) in [4.78, 5) is 23.9. The van der Waals surface area contributed by atoms with Crippen LogP contribution in [-0.2, 0) is 4.79 Å². The highest BCUT2D eigenvalue weighted by Gasteiger charge is 2.41. The van der Waals surface area contributed by atoms with Crippen molar-refractivity contribution in [2.75, 3.05) is 5.32 Å². The third-order valence-electron chi connectivity index (χ3n) is 5.94. The Morgan fingerprint density at radius 1 is 1.10 bits per heavy atom. The van der Waals surface area contributed by atoms with E-state index in [9.17, 15) is 14.9 Å². The van der Waals surface area contributed by atoms with E-state index in [2.05, 4.69) is 19.2 Å². The highest BCUT2D eigenvalue weighted by atomic mass is 16.6. The molecule has 1 N–H and O–H groups in total. The molecular formula is C24H22N4O3. The monoisotopic (exact) mass is 414 g/mol. The van der Waals surface area contributed by atoms with Crippen LogP contribution in [0.15, 0.2) is 71.9 Å². The van der Waals surface area contributed by atoms with Gasteiger partial charge in [0.2, 0.25) is 0 Å². The Morgan fingerprint density at radius 2 is 1.81 bits per heavy atom. The molecule has 2 heterocycles. The number of non-ortho nitro benzene ring substituents is 1. The summed E-state index contributed by atoms with van der Waals surface area (Å²) in [7, 11) is 0. The summed E-state index contributed by atoms with van der Waals surface area (Å²) in [6.07, 6.45) is 1.21. The van der Waals surface area contributed by atoms with Crippen molar-refractivity contribution in [2.45, 2.75) is 32.7 Å². The number of carbonyl (C=O) groups is 1. The molecular weight excluding hydrogens is 392 g/mol. The number of allylic oxidation sites excluding steroid dienone is 2. The Hall–Kier alpha value is -3.74. The molecule has 7 nitrogen and oxygen atoms in total. The van der Waals surface area contributed by atoms with Gasteiger partial charge in [-0.25, -0.2) is 4.68 Å². The van der Waals surface area contributed by atoms with Gasteiger partial charge in [0, 0.05) is 41.5 Å². The average molecular weight is 414 g/mol. The van der Waals surface area contributed by atoms with Crippen LogP contribution < -0.4 is 5.32 Å². The van der Waals surface area contributed by atoms with Crippen LogP contribution in [0.5, 0.6) is 0 Å². The quantitative estimate of drug-likeness (QED) is 0.475. The number of ketones is 1. The minimum atomic E-state index is -0.423. The molecule has 0 saturated carbocycles. The number of hydrogen-bond donors (Lipinski definition) is 1. The van der Waals surface area contributed by atoms with E-state index < -0.39 is 11.0 Å². The number of anilines is 1. The van der Waals surface area contributed by atoms with Crippen LogP contribution >= 0.6 is 0 Å². The lowest BCUT2D eigenvalue weighted by atomic mass is 9.73. The maximum atomic E-state index is 13.2. The fraction of sp³-hybridized carbons (Fsp3) is 0.250. The summed E-state index contributed by atoms with van der Waals surface area (Å²) in [5.74, 6) is 0.899. The van der Waals surface area contributed by atoms with E-state index in [1.165, 1.54) is 12.1 Å². The van der Waals surface area contributed by atoms with Crippen LogP contribution in [0, 0.1) is 15.5 Å².